The Morgan fingerprint density at radius 3 is 2.50 bits per heavy atom. The van der Waals surface area contributed by atoms with Gasteiger partial charge in [-0.3, -0.25) is 14.3 Å². The van der Waals surface area contributed by atoms with E-state index in [4.69, 9.17) is 14.9 Å². The zero-order chi connectivity index (χ0) is 14.9. The van der Waals surface area contributed by atoms with E-state index in [1.807, 2.05) is 4.98 Å². The molecular formula is C11H16N2O7. The fourth-order valence-corrected chi connectivity index (χ4v) is 2.12. The van der Waals surface area contributed by atoms with E-state index in [2.05, 4.69) is 0 Å². The first kappa shape index (κ1) is 14.9. The topological polar surface area (TPSA) is 145 Å². The lowest BCUT2D eigenvalue weighted by atomic mass is 10.1. The second-order valence-corrected chi connectivity index (χ2v) is 4.52. The average Bonchev–Trinajstić information content (AvgIpc) is 2.70. The van der Waals surface area contributed by atoms with E-state index in [-0.39, 0.29) is 18.6 Å². The zero-order valence-electron chi connectivity index (χ0n) is 10.5. The molecule has 0 spiro atoms. The van der Waals surface area contributed by atoms with Crippen molar-refractivity contribution >= 4 is 0 Å². The molecule has 0 saturated carbocycles. The third kappa shape index (κ3) is 2.53. The first-order valence-electron chi connectivity index (χ1n) is 6.07. The molecule has 0 amide bonds. The number of hydrogen-bond donors (Lipinski definition) is 5. The van der Waals surface area contributed by atoms with Crippen LogP contribution in [0.25, 0.3) is 0 Å². The number of aliphatic hydroxyl groups excluding tert-OH is 4. The predicted octanol–water partition coefficient (Wildman–Crippen LogP) is -3.32. The van der Waals surface area contributed by atoms with Gasteiger partial charge < -0.3 is 25.2 Å². The summed E-state index contributed by atoms with van der Waals surface area (Å²) in [5.74, 6) is 0. The Kier molecular flexibility index (Phi) is 4.35. The second kappa shape index (κ2) is 5.85. The van der Waals surface area contributed by atoms with E-state index in [1.54, 1.807) is 0 Å². The van der Waals surface area contributed by atoms with Gasteiger partial charge in [-0.2, -0.15) is 0 Å². The van der Waals surface area contributed by atoms with Crippen LogP contribution in [0.3, 0.4) is 0 Å². The molecule has 0 aromatic carbocycles. The third-order valence-electron chi connectivity index (χ3n) is 3.21. The quantitative estimate of drug-likeness (QED) is 0.390. The Balaban J connectivity index is 2.40. The van der Waals surface area contributed by atoms with Crippen molar-refractivity contribution < 1.29 is 25.2 Å². The Labute approximate surface area is 112 Å². The highest BCUT2D eigenvalue weighted by Crippen LogP contribution is 2.27. The summed E-state index contributed by atoms with van der Waals surface area (Å²) in [7, 11) is 0. The van der Waals surface area contributed by atoms with Crippen molar-refractivity contribution in [3.8, 4) is 0 Å². The Hall–Kier alpha value is -1.52. The minimum Gasteiger partial charge on any atom is -0.396 e. The van der Waals surface area contributed by atoms with Gasteiger partial charge in [-0.15, -0.1) is 0 Å². The zero-order valence-corrected chi connectivity index (χ0v) is 10.5. The van der Waals surface area contributed by atoms with Crippen LogP contribution in [-0.2, 0) is 11.2 Å². The largest absolute Gasteiger partial charge is 0.396 e. The molecular weight excluding hydrogens is 272 g/mol. The highest BCUT2D eigenvalue weighted by atomic mass is 16.6. The summed E-state index contributed by atoms with van der Waals surface area (Å²) >= 11 is 0. The van der Waals surface area contributed by atoms with E-state index in [0.717, 1.165) is 10.8 Å². The summed E-state index contributed by atoms with van der Waals surface area (Å²) < 4.78 is 6.13. The van der Waals surface area contributed by atoms with Gasteiger partial charge in [-0.25, -0.2) is 4.79 Å². The molecule has 9 heteroatoms. The Bertz CT molecular complexity index is 581. The van der Waals surface area contributed by atoms with Gasteiger partial charge in [0, 0.05) is 24.8 Å². The van der Waals surface area contributed by atoms with Gasteiger partial charge in [0.05, 0.1) is 6.61 Å². The highest BCUT2D eigenvalue weighted by Gasteiger charge is 2.43. The normalized spacial score (nSPS) is 29.8. The van der Waals surface area contributed by atoms with Crippen molar-refractivity contribution in [2.75, 3.05) is 13.2 Å². The maximum Gasteiger partial charge on any atom is 0.330 e. The van der Waals surface area contributed by atoms with Crippen molar-refractivity contribution in [1.29, 1.82) is 0 Å². The van der Waals surface area contributed by atoms with Crippen LogP contribution in [0.4, 0.5) is 0 Å². The molecule has 112 valence electrons. The van der Waals surface area contributed by atoms with Crippen molar-refractivity contribution in [2.24, 2.45) is 0 Å². The molecule has 1 fully saturated rings. The van der Waals surface area contributed by atoms with E-state index in [1.165, 1.54) is 0 Å². The number of hydrogen-bond acceptors (Lipinski definition) is 7. The standard InChI is InChI=1S/C11H16N2O7/c14-2-1-5-3-13(11(19)12-9(5)18)10-8(17)7(16)6(4-15)20-10/h3,6-8,10,14-17H,1-2,4H2,(H,12,18,19)/t6-,7?,8+,10-/m1/s1. The molecule has 0 aliphatic carbocycles. The monoisotopic (exact) mass is 288 g/mol. The van der Waals surface area contributed by atoms with Crippen LogP contribution >= 0.6 is 0 Å². The van der Waals surface area contributed by atoms with Crippen molar-refractivity contribution in [2.45, 2.75) is 31.0 Å². The lowest BCUT2D eigenvalue weighted by molar-refractivity contribution is -0.0551. The second-order valence-electron chi connectivity index (χ2n) is 4.52. The van der Waals surface area contributed by atoms with Gasteiger partial charge in [-0.05, 0) is 0 Å². The molecule has 1 saturated heterocycles. The summed E-state index contributed by atoms with van der Waals surface area (Å²) in [6, 6.07) is 0. The molecule has 1 aliphatic rings. The molecule has 4 atom stereocenters. The fraction of sp³-hybridized carbons (Fsp3) is 0.636. The van der Waals surface area contributed by atoms with Crippen LogP contribution in [0, 0.1) is 0 Å². The number of aromatic amines is 1. The number of aliphatic hydroxyl groups is 4. The van der Waals surface area contributed by atoms with Crippen LogP contribution in [0.15, 0.2) is 15.8 Å². The number of ether oxygens (including phenoxy) is 1. The molecule has 0 radical (unpaired) electrons. The minimum atomic E-state index is -1.42. The van der Waals surface area contributed by atoms with Gasteiger partial charge in [0.25, 0.3) is 5.56 Å². The van der Waals surface area contributed by atoms with Gasteiger partial charge in [0.1, 0.15) is 18.3 Å². The van der Waals surface area contributed by atoms with E-state index in [9.17, 15) is 19.8 Å². The smallest absolute Gasteiger partial charge is 0.330 e. The van der Waals surface area contributed by atoms with Crippen molar-refractivity contribution in [1.82, 2.24) is 9.55 Å². The molecule has 1 aromatic rings. The maximum atomic E-state index is 11.7. The number of nitrogens with zero attached hydrogens (tertiary/aromatic N) is 1. The van der Waals surface area contributed by atoms with Crippen molar-refractivity contribution in [3.63, 3.8) is 0 Å². The van der Waals surface area contributed by atoms with Gasteiger partial charge >= 0.3 is 5.69 Å². The highest BCUT2D eigenvalue weighted by molar-refractivity contribution is 5.06. The summed E-state index contributed by atoms with van der Waals surface area (Å²) in [4.78, 5) is 25.3. The molecule has 1 aliphatic heterocycles. The van der Waals surface area contributed by atoms with E-state index < -0.39 is 42.4 Å². The van der Waals surface area contributed by atoms with Gasteiger partial charge in [0.2, 0.25) is 0 Å². The first-order valence-corrected chi connectivity index (χ1v) is 6.07. The van der Waals surface area contributed by atoms with Crippen LogP contribution in [0.2, 0.25) is 0 Å². The van der Waals surface area contributed by atoms with Crippen LogP contribution < -0.4 is 11.2 Å². The van der Waals surface area contributed by atoms with Gasteiger partial charge in [0.15, 0.2) is 6.23 Å². The Morgan fingerprint density at radius 2 is 1.95 bits per heavy atom. The van der Waals surface area contributed by atoms with E-state index in [0.29, 0.717) is 0 Å². The SMILES string of the molecule is O=c1[nH]c(=O)n([C@@H]2O[C@H](CO)C(O)[C@@H]2O)cc1CCO. The lowest BCUT2D eigenvalue weighted by Crippen LogP contribution is -2.39. The molecule has 1 unspecified atom stereocenters. The van der Waals surface area contributed by atoms with Crippen LogP contribution in [0.1, 0.15) is 11.8 Å². The molecule has 9 nitrogen and oxygen atoms in total. The summed E-state index contributed by atoms with van der Waals surface area (Å²) in [5, 5.41) is 37.3. The molecule has 2 rings (SSSR count). The minimum absolute atomic E-state index is 0.0322. The number of aromatic nitrogens is 2. The van der Waals surface area contributed by atoms with Crippen LogP contribution in [-0.4, -0.2) is 61.5 Å². The summed E-state index contributed by atoms with van der Waals surface area (Å²) in [6.45, 7) is -0.798. The predicted molar refractivity (Wildman–Crippen MR) is 65.1 cm³/mol. The lowest BCUT2D eigenvalue weighted by Gasteiger charge is -2.17. The van der Waals surface area contributed by atoms with Gasteiger partial charge in [-0.1, -0.05) is 0 Å². The average molecular weight is 288 g/mol. The maximum absolute atomic E-state index is 11.7. The van der Waals surface area contributed by atoms with Crippen molar-refractivity contribution in [3.05, 3.63) is 32.6 Å². The molecule has 1 aromatic heterocycles. The molecule has 5 N–H and O–H groups in total. The number of H-pyrrole nitrogens is 1. The summed E-state index contributed by atoms with van der Waals surface area (Å²) in [5.41, 5.74) is -1.30. The summed E-state index contributed by atoms with van der Waals surface area (Å²) in [6.07, 6.45) is -3.80. The molecule has 2 heterocycles. The van der Waals surface area contributed by atoms with Crippen LogP contribution in [0.5, 0.6) is 0 Å². The molecule has 20 heavy (non-hydrogen) atoms. The number of nitrogens with one attached hydrogen (secondary N) is 1. The molecule has 0 bridgehead atoms. The Morgan fingerprint density at radius 1 is 1.25 bits per heavy atom. The van der Waals surface area contributed by atoms with E-state index >= 15 is 0 Å². The number of rotatable bonds is 4. The third-order valence-corrected chi connectivity index (χ3v) is 3.21. The first-order chi connectivity index (χ1) is 9.49. The fourth-order valence-electron chi connectivity index (χ4n) is 2.12.